The molecule has 0 atom stereocenters. The Labute approximate surface area is 138 Å². The summed E-state index contributed by atoms with van der Waals surface area (Å²) in [4.78, 5) is 15.6. The van der Waals surface area contributed by atoms with Crippen LogP contribution in [0.2, 0.25) is 0 Å². The number of nitrogens with one attached hydrogen (secondary N) is 3. The van der Waals surface area contributed by atoms with E-state index < -0.39 is 0 Å². The molecule has 118 valence electrons. The van der Waals surface area contributed by atoms with E-state index >= 15 is 0 Å². The first-order chi connectivity index (χ1) is 11.7. The Morgan fingerprint density at radius 2 is 1.79 bits per heavy atom. The fraction of sp³-hybridized carbons (Fsp3) is 0.0526. The van der Waals surface area contributed by atoms with Crippen molar-refractivity contribution in [2.75, 3.05) is 5.32 Å². The molecule has 2 heterocycles. The molecule has 2 aromatic heterocycles. The van der Waals surface area contributed by atoms with Gasteiger partial charge in [-0.3, -0.25) is 9.89 Å². The average Bonchev–Trinajstić information content (AvgIpc) is 3.20. The number of hydrogen-bond acceptors (Lipinski definition) is 2. The Morgan fingerprint density at radius 1 is 1.04 bits per heavy atom. The van der Waals surface area contributed by atoms with E-state index in [4.69, 9.17) is 0 Å². The lowest BCUT2D eigenvalue weighted by Crippen LogP contribution is -2.13. The van der Waals surface area contributed by atoms with E-state index in [2.05, 4.69) is 20.5 Å². The highest BCUT2D eigenvalue weighted by molar-refractivity contribution is 6.06. The van der Waals surface area contributed by atoms with Crippen LogP contribution in [0, 0.1) is 6.92 Å². The van der Waals surface area contributed by atoms with Crippen molar-refractivity contribution in [3.63, 3.8) is 0 Å². The van der Waals surface area contributed by atoms with Gasteiger partial charge in [0.05, 0.1) is 5.69 Å². The summed E-state index contributed by atoms with van der Waals surface area (Å²) in [5, 5.41) is 11.1. The number of carbonyl (C=O) groups excluding carboxylic acids is 1. The van der Waals surface area contributed by atoms with Gasteiger partial charge < -0.3 is 10.3 Å². The minimum Gasteiger partial charge on any atom is -0.351 e. The third-order valence-electron chi connectivity index (χ3n) is 4.08. The topological polar surface area (TPSA) is 73.6 Å². The lowest BCUT2D eigenvalue weighted by molar-refractivity contribution is 0.102. The Balaban J connectivity index is 1.61. The minimum absolute atomic E-state index is 0.208. The van der Waals surface area contributed by atoms with Crippen molar-refractivity contribution in [2.45, 2.75) is 6.92 Å². The zero-order valence-corrected chi connectivity index (χ0v) is 13.1. The van der Waals surface area contributed by atoms with Crippen molar-refractivity contribution >= 4 is 22.6 Å². The number of anilines is 1. The summed E-state index contributed by atoms with van der Waals surface area (Å²) in [5.41, 5.74) is 4.30. The standard InChI is InChI=1S/C19H16N4O/c1-12-17(13-7-3-2-4-8-13)22-23-18(12)21-19(24)16-11-14-9-5-6-10-15(14)20-16/h2-11,20H,1H3,(H2,21,22,23,24). The molecule has 0 saturated carbocycles. The first-order valence-electron chi connectivity index (χ1n) is 7.72. The Morgan fingerprint density at radius 3 is 2.58 bits per heavy atom. The maximum absolute atomic E-state index is 12.5. The summed E-state index contributed by atoms with van der Waals surface area (Å²) in [6, 6.07) is 19.5. The monoisotopic (exact) mass is 316 g/mol. The van der Waals surface area contributed by atoms with E-state index in [0.717, 1.165) is 27.7 Å². The van der Waals surface area contributed by atoms with E-state index in [0.29, 0.717) is 11.5 Å². The highest BCUT2D eigenvalue weighted by Gasteiger charge is 2.15. The van der Waals surface area contributed by atoms with Gasteiger partial charge in [0, 0.05) is 16.5 Å². The molecule has 0 aliphatic carbocycles. The van der Waals surface area contributed by atoms with Crippen LogP contribution in [0.15, 0.2) is 60.7 Å². The van der Waals surface area contributed by atoms with Crippen LogP contribution in [0.4, 0.5) is 5.82 Å². The van der Waals surface area contributed by atoms with E-state index in [1.807, 2.05) is 67.6 Å². The summed E-state index contributed by atoms with van der Waals surface area (Å²) in [5.74, 6) is 0.331. The fourth-order valence-electron chi connectivity index (χ4n) is 2.78. The molecule has 0 fully saturated rings. The number of aromatic amines is 2. The van der Waals surface area contributed by atoms with Crippen molar-refractivity contribution in [3.05, 3.63) is 71.9 Å². The van der Waals surface area contributed by atoms with Gasteiger partial charge in [-0.1, -0.05) is 48.5 Å². The number of nitrogens with zero attached hydrogens (tertiary/aromatic N) is 1. The number of hydrogen-bond donors (Lipinski definition) is 3. The van der Waals surface area contributed by atoms with Crippen LogP contribution in [0.3, 0.4) is 0 Å². The third-order valence-corrected chi connectivity index (χ3v) is 4.08. The maximum Gasteiger partial charge on any atom is 0.273 e. The van der Waals surface area contributed by atoms with Crippen LogP contribution in [-0.2, 0) is 0 Å². The van der Waals surface area contributed by atoms with Gasteiger partial charge in [0.15, 0.2) is 5.82 Å². The fourth-order valence-corrected chi connectivity index (χ4v) is 2.78. The molecule has 5 nitrogen and oxygen atoms in total. The second-order valence-corrected chi connectivity index (χ2v) is 5.66. The normalized spacial score (nSPS) is 10.9. The predicted octanol–water partition coefficient (Wildman–Crippen LogP) is 4.12. The number of fused-ring (bicyclic) bond motifs is 1. The second kappa shape index (κ2) is 5.70. The molecule has 4 aromatic rings. The molecule has 3 N–H and O–H groups in total. The van der Waals surface area contributed by atoms with E-state index in [1.54, 1.807) is 0 Å². The van der Waals surface area contributed by atoms with Crippen molar-refractivity contribution in [3.8, 4) is 11.3 Å². The molecular weight excluding hydrogens is 300 g/mol. The van der Waals surface area contributed by atoms with Crippen molar-refractivity contribution in [2.24, 2.45) is 0 Å². The van der Waals surface area contributed by atoms with Crippen LogP contribution in [0.1, 0.15) is 16.1 Å². The van der Waals surface area contributed by atoms with E-state index in [-0.39, 0.29) is 5.91 Å². The molecule has 24 heavy (non-hydrogen) atoms. The number of benzene rings is 2. The second-order valence-electron chi connectivity index (χ2n) is 5.66. The first-order valence-corrected chi connectivity index (χ1v) is 7.72. The number of amides is 1. The largest absolute Gasteiger partial charge is 0.351 e. The van der Waals surface area contributed by atoms with Crippen LogP contribution in [0.5, 0.6) is 0 Å². The van der Waals surface area contributed by atoms with E-state index in [1.165, 1.54) is 0 Å². The number of rotatable bonds is 3. The van der Waals surface area contributed by atoms with Gasteiger partial charge >= 0.3 is 0 Å². The number of aromatic nitrogens is 3. The average molecular weight is 316 g/mol. The van der Waals surface area contributed by atoms with Crippen molar-refractivity contribution in [1.29, 1.82) is 0 Å². The number of H-pyrrole nitrogens is 2. The highest BCUT2D eigenvalue weighted by Crippen LogP contribution is 2.26. The first kappa shape index (κ1) is 14.3. The lowest BCUT2D eigenvalue weighted by atomic mass is 10.1. The molecule has 0 saturated heterocycles. The maximum atomic E-state index is 12.5. The number of para-hydroxylation sites is 1. The van der Waals surface area contributed by atoms with Gasteiger partial charge in [0.1, 0.15) is 5.69 Å². The van der Waals surface area contributed by atoms with Crippen LogP contribution in [0.25, 0.3) is 22.2 Å². The van der Waals surface area contributed by atoms with Gasteiger partial charge in [-0.2, -0.15) is 5.10 Å². The Bertz CT molecular complexity index is 981. The molecule has 0 aliphatic rings. The number of carbonyl (C=O) groups is 1. The molecule has 5 heteroatoms. The zero-order chi connectivity index (χ0) is 16.5. The molecule has 2 aromatic carbocycles. The molecule has 0 aliphatic heterocycles. The van der Waals surface area contributed by atoms with Crippen LogP contribution < -0.4 is 5.32 Å². The molecular formula is C19H16N4O. The third kappa shape index (κ3) is 2.46. The molecule has 1 amide bonds. The van der Waals surface area contributed by atoms with Gasteiger partial charge in [-0.05, 0) is 24.6 Å². The Hall–Kier alpha value is -3.34. The lowest BCUT2D eigenvalue weighted by Gasteiger charge is -2.02. The molecule has 4 rings (SSSR count). The summed E-state index contributed by atoms with van der Waals surface area (Å²) in [6.45, 7) is 1.94. The smallest absolute Gasteiger partial charge is 0.273 e. The van der Waals surface area contributed by atoms with Crippen LogP contribution in [-0.4, -0.2) is 21.1 Å². The summed E-state index contributed by atoms with van der Waals surface area (Å²) < 4.78 is 0. The molecule has 0 radical (unpaired) electrons. The summed E-state index contributed by atoms with van der Waals surface area (Å²) >= 11 is 0. The van der Waals surface area contributed by atoms with Crippen LogP contribution >= 0.6 is 0 Å². The van der Waals surface area contributed by atoms with Crippen molar-refractivity contribution < 1.29 is 4.79 Å². The summed E-state index contributed by atoms with van der Waals surface area (Å²) in [6.07, 6.45) is 0. The van der Waals surface area contributed by atoms with Crippen molar-refractivity contribution in [1.82, 2.24) is 15.2 Å². The quantitative estimate of drug-likeness (QED) is 0.532. The highest BCUT2D eigenvalue weighted by atomic mass is 16.2. The van der Waals surface area contributed by atoms with E-state index in [9.17, 15) is 4.79 Å². The van der Waals surface area contributed by atoms with Gasteiger partial charge in [0.2, 0.25) is 0 Å². The summed E-state index contributed by atoms with van der Waals surface area (Å²) in [7, 11) is 0. The zero-order valence-electron chi connectivity index (χ0n) is 13.1. The Kier molecular flexibility index (Phi) is 3.39. The molecule has 0 unspecified atom stereocenters. The van der Waals surface area contributed by atoms with Gasteiger partial charge in [0.25, 0.3) is 5.91 Å². The van der Waals surface area contributed by atoms with Gasteiger partial charge in [-0.15, -0.1) is 0 Å². The van der Waals surface area contributed by atoms with Gasteiger partial charge in [-0.25, -0.2) is 0 Å². The molecule has 0 bridgehead atoms. The minimum atomic E-state index is -0.208. The molecule has 0 spiro atoms. The predicted molar refractivity (Wildman–Crippen MR) is 95.0 cm³/mol. The SMILES string of the molecule is Cc1c(NC(=O)c2cc3ccccc3[nH]2)n[nH]c1-c1ccccc1.